The van der Waals surface area contributed by atoms with E-state index in [4.69, 9.17) is 0 Å². The Morgan fingerprint density at radius 3 is 2.84 bits per heavy atom. The average molecular weight is 342 g/mol. The van der Waals surface area contributed by atoms with E-state index in [1.165, 1.54) is 13.3 Å². The normalized spacial score (nSPS) is 10.8. The van der Waals surface area contributed by atoms with Gasteiger partial charge in [0.2, 0.25) is 0 Å². The summed E-state index contributed by atoms with van der Waals surface area (Å²) in [6, 6.07) is 1.82. The molecule has 0 radical (unpaired) electrons. The van der Waals surface area contributed by atoms with Gasteiger partial charge in [-0.2, -0.15) is 10.2 Å². The number of hydrogen-bond donors (Lipinski definition) is 1. The van der Waals surface area contributed by atoms with Crippen molar-refractivity contribution in [1.82, 2.24) is 29.7 Å². The fourth-order valence-electron chi connectivity index (χ4n) is 2.51. The number of methoxy groups -OCH3 is 1. The molecule has 0 aliphatic rings. The van der Waals surface area contributed by atoms with E-state index < -0.39 is 11.9 Å². The van der Waals surface area contributed by atoms with Gasteiger partial charge in [-0.3, -0.25) is 14.3 Å². The van der Waals surface area contributed by atoms with Gasteiger partial charge in [0.1, 0.15) is 12.1 Å². The van der Waals surface area contributed by atoms with Crippen molar-refractivity contribution < 1.29 is 14.3 Å². The lowest BCUT2D eigenvalue weighted by molar-refractivity contribution is -0.139. The number of hydrogen-bond acceptors (Lipinski definition) is 6. The molecule has 0 spiro atoms. The Bertz CT molecular complexity index is 943. The molecule has 0 aliphatic carbocycles. The maximum Gasteiger partial charge on any atom is 0.325 e. The largest absolute Gasteiger partial charge is 0.468 e. The van der Waals surface area contributed by atoms with E-state index >= 15 is 0 Å². The lowest BCUT2D eigenvalue weighted by Crippen LogP contribution is -2.30. The Labute approximate surface area is 143 Å². The highest BCUT2D eigenvalue weighted by Crippen LogP contribution is 2.23. The minimum absolute atomic E-state index is 0.214. The Balaban J connectivity index is 1.99. The molecule has 3 aromatic rings. The van der Waals surface area contributed by atoms with Crippen LogP contribution < -0.4 is 5.32 Å². The van der Waals surface area contributed by atoms with Gasteiger partial charge >= 0.3 is 5.97 Å². The van der Waals surface area contributed by atoms with Crippen LogP contribution in [0.1, 0.15) is 23.0 Å². The molecule has 0 saturated carbocycles. The molecule has 0 unspecified atom stereocenters. The Morgan fingerprint density at radius 1 is 1.36 bits per heavy atom. The molecule has 0 bridgehead atoms. The number of aromatic nitrogens is 5. The van der Waals surface area contributed by atoms with Gasteiger partial charge in [0.15, 0.2) is 5.65 Å². The molecule has 0 aliphatic heterocycles. The summed E-state index contributed by atoms with van der Waals surface area (Å²) in [6.45, 7) is 4.47. The molecule has 0 aromatic carbocycles. The quantitative estimate of drug-likeness (QED) is 0.689. The first kappa shape index (κ1) is 16.6. The molecule has 3 aromatic heterocycles. The van der Waals surface area contributed by atoms with E-state index in [2.05, 4.69) is 25.2 Å². The molecule has 0 atom stereocenters. The van der Waals surface area contributed by atoms with Crippen LogP contribution in [0, 0.1) is 6.92 Å². The highest BCUT2D eigenvalue weighted by molar-refractivity contribution is 6.01. The molecule has 0 saturated heterocycles. The van der Waals surface area contributed by atoms with E-state index in [1.54, 1.807) is 10.7 Å². The topological polar surface area (TPSA) is 103 Å². The summed E-state index contributed by atoms with van der Waals surface area (Å²) in [5, 5.41) is 11.2. The molecular weight excluding hydrogens is 324 g/mol. The van der Waals surface area contributed by atoms with Crippen LogP contribution in [0.4, 0.5) is 0 Å². The van der Waals surface area contributed by atoms with Crippen LogP contribution in [0.3, 0.4) is 0 Å². The van der Waals surface area contributed by atoms with Gasteiger partial charge in [0, 0.05) is 24.5 Å². The van der Waals surface area contributed by atoms with E-state index in [0.29, 0.717) is 5.65 Å². The fourth-order valence-corrected chi connectivity index (χ4v) is 2.51. The monoisotopic (exact) mass is 342 g/mol. The summed E-state index contributed by atoms with van der Waals surface area (Å²) in [5.41, 5.74) is 3.25. The van der Waals surface area contributed by atoms with Crippen molar-refractivity contribution in [2.75, 3.05) is 13.7 Å². The molecule has 9 nitrogen and oxygen atoms in total. The summed E-state index contributed by atoms with van der Waals surface area (Å²) < 4.78 is 7.94. The van der Waals surface area contributed by atoms with Gasteiger partial charge in [0.05, 0.1) is 24.7 Å². The van der Waals surface area contributed by atoms with Crippen LogP contribution in [-0.4, -0.2) is 49.9 Å². The number of nitrogens with one attached hydrogen (secondary N) is 1. The predicted octanol–water partition coefficient (Wildman–Crippen LogP) is 0.824. The molecule has 25 heavy (non-hydrogen) atoms. The van der Waals surface area contributed by atoms with Crippen molar-refractivity contribution in [2.24, 2.45) is 0 Å². The van der Waals surface area contributed by atoms with Gasteiger partial charge in [-0.05, 0) is 19.9 Å². The lowest BCUT2D eigenvalue weighted by Gasteiger charge is -2.04. The summed E-state index contributed by atoms with van der Waals surface area (Å²) in [4.78, 5) is 27.7. The standard InChI is InChI=1S/C16H18N6O3/c1-4-21-9-12(10(2)20-21)13-5-6-17-15-11(7-19-22(13)15)16(24)18-8-14(23)25-3/h5-7,9H,4,8H2,1-3H3,(H,18,24). The van der Waals surface area contributed by atoms with E-state index in [1.807, 2.05) is 30.8 Å². The SMILES string of the molecule is CCn1cc(-c2ccnc3c(C(=O)NCC(=O)OC)cnn23)c(C)n1. The van der Waals surface area contributed by atoms with E-state index in [0.717, 1.165) is 23.5 Å². The van der Waals surface area contributed by atoms with Crippen LogP contribution in [0.25, 0.3) is 16.9 Å². The lowest BCUT2D eigenvalue weighted by atomic mass is 10.2. The van der Waals surface area contributed by atoms with Crippen molar-refractivity contribution in [3.63, 3.8) is 0 Å². The molecular formula is C16H18N6O3. The third-order valence-electron chi connectivity index (χ3n) is 3.81. The smallest absolute Gasteiger partial charge is 0.325 e. The van der Waals surface area contributed by atoms with Crippen LogP contribution in [0.15, 0.2) is 24.7 Å². The highest BCUT2D eigenvalue weighted by Gasteiger charge is 2.18. The fraction of sp³-hybridized carbons (Fsp3) is 0.312. The van der Waals surface area contributed by atoms with Gasteiger partial charge in [0.25, 0.3) is 5.91 Å². The number of fused-ring (bicyclic) bond motifs is 1. The maximum absolute atomic E-state index is 12.3. The number of carbonyl (C=O) groups is 2. The second-order valence-corrected chi connectivity index (χ2v) is 5.37. The Morgan fingerprint density at radius 2 is 2.16 bits per heavy atom. The Hall–Kier alpha value is -3.23. The van der Waals surface area contributed by atoms with Gasteiger partial charge in [-0.1, -0.05) is 0 Å². The first-order valence-electron chi connectivity index (χ1n) is 7.77. The van der Waals surface area contributed by atoms with Crippen LogP contribution in [0.2, 0.25) is 0 Å². The van der Waals surface area contributed by atoms with Crippen molar-refractivity contribution in [3.05, 3.63) is 35.9 Å². The van der Waals surface area contributed by atoms with Crippen molar-refractivity contribution in [1.29, 1.82) is 0 Å². The first-order chi connectivity index (χ1) is 12.0. The zero-order valence-electron chi connectivity index (χ0n) is 14.2. The number of aryl methyl sites for hydroxylation is 2. The van der Waals surface area contributed by atoms with Crippen molar-refractivity contribution in [3.8, 4) is 11.3 Å². The Kier molecular flexibility index (Phi) is 4.46. The number of esters is 1. The zero-order chi connectivity index (χ0) is 18.0. The van der Waals surface area contributed by atoms with Crippen molar-refractivity contribution in [2.45, 2.75) is 20.4 Å². The number of nitrogens with zero attached hydrogens (tertiary/aromatic N) is 5. The summed E-state index contributed by atoms with van der Waals surface area (Å²) in [7, 11) is 1.26. The third-order valence-corrected chi connectivity index (χ3v) is 3.81. The molecule has 1 amide bonds. The first-order valence-corrected chi connectivity index (χ1v) is 7.77. The maximum atomic E-state index is 12.3. The van der Waals surface area contributed by atoms with E-state index in [-0.39, 0.29) is 12.1 Å². The zero-order valence-corrected chi connectivity index (χ0v) is 14.2. The molecule has 130 valence electrons. The van der Waals surface area contributed by atoms with Crippen LogP contribution in [0.5, 0.6) is 0 Å². The van der Waals surface area contributed by atoms with Gasteiger partial charge < -0.3 is 10.1 Å². The minimum Gasteiger partial charge on any atom is -0.468 e. The molecule has 0 fully saturated rings. The summed E-state index contributed by atoms with van der Waals surface area (Å²) in [5.74, 6) is -0.966. The van der Waals surface area contributed by atoms with Crippen molar-refractivity contribution >= 4 is 17.5 Å². The van der Waals surface area contributed by atoms with Crippen LogP contribution >= 0.6 is 0 Å². The summed E-state index contributed by atoms with van der Waals surface area (Å²) in [6.07, 6.45) is 4.98. The van der Waals surface area contributed by atoms with Crippen LogP contribution in [-0.2, 0) is 16.1 Å². The minimum atomic E-state index is -0.527. The average Bonchev–Trinajstić information content (AvgIpc) is 3.22. The second kappa shape index (κ2) is 6.71. The number of amides is 1. The second-order valence-electron chi connectivity index (χ2n) is 5.37. The van der Waals surface area contributed by atoms with Gasteiger partial charge in [-0.15, -0.1) is 0 Å². The predicted molar refractivity (Wildman–Crippen MR) is 89.0 cm³/mol. The van der Waals surface area contributed by atoms with E-state index in [9.17, 15) is 9.59 Å². The third kappa shape index (κ3) is 3.08. The molecule has 3 rings (SSSR count). The molecule has 9 heteroatoms. The molecule has 1 N–H and O–H groups in total. The molecule has 3 heterocycles. The number of carbonyl (C=O) groups excluding carboxylic acids is 2. The highest BCUT2D eigenvalue weighted by atomic mass is 16.5. The summed E-state index contributed by atoms with van der Waals surface area (Å²) >= 11 is 0. The van der Waals surface area contributed by atoms with Gasteiger partial charge in [-0.25, -0.2) is 9.50 Å². The number of ether oxygens (including phenoxy) is 1. The number of rotatable bonds is 5.